The highest BCUT2D eigenvalue weighted by Gasteiger charge is 2.28. The van der Waals surface area contributed by atoms with E-state index in [9.17, 15) is 28.8 Å². The number of nitrogens with one attached hydrogen (secondary N) is 2. The van der Waals surface area contributed by atoms with Crippen molar-refractivity contribution in [1.82, 2.24) is 10.6 Å². The molecule has 2 aromatic rings. The number of rotatable bonds is 20. The zero-order valence-electron chi connectivity index (χ0n) is 34.2. The van der Waals surface area contributed by atoms with Gasteiger partial charge in [0.2, 0.25) is 0 Å². The summed E-state index contributed by atoms with van der Waals surface area (Å²) in [7, 11) is 2.79. The number of methoxy groups -OCH3 is 2. The lowest BCUT2D eigenvalue weighted by molar-refractivity contribution is -0.137. The molecular formula is C41H54N2O12S2. The van der Waals surface area contributed by atoms with Gasteiger partial charge in [0.15, 0.2) is 34.6 Å². The topological polar surface area (TPSA) is 182 Å². The first-order valence-corrected chi connectivity index (χ1v) is 20.7. The van der Waals surface area contributed by atoms with Crippen molar-refractivity contribution in [3.05, 3.63) is 59.7 Å². The normalized spacial score (nSPS) is 12.7. The summed E-state index contributed by atoms with van der Waals surface area (Å²) in [6, 6.07) is 7.39. The zero-order chi connectivity index (χ0) is 42.8. The fraction of sp³-hybridized carbons (Fsp3) is 0.463. The SMILES string of the molecule is COc1cc(/C=C/C(=O)CC(=O)/C=C/c2ccc(OC(=O)[C@H](CCSC)NC(=O)OC(C)(C)C)c(OC)c2)ccc1OC(=O)[C@H](CCSC)NC(=O)OC(C)(C)C. The van der Waals surface area contributed by atoms with Gasteiger partial charge in [-0.3, -0.25) is 9.59 Å². The summed E-state index contributed by atoms with van der Waals surface area (Å²) in [5.74, 6) is -0.501. The molecule has 0 spiro atoms. The van der Waals surface area contributed by atoms with Crippen molar-refractivity contribution in [2.24, 2.45) is 0 Å². The maximum absolute atomic E-state index is 13.0. The molecule has 2 N–H and O–H groups in total. The Kier molecular flexibility index (Phi) is 19.7. The van der Waals surface area contributed by atoms with E-state index in [0.29, 0.717) is 35.5 Å². The number of thioether (sulfide) groups is 2. The molecular weight excluding hydrogens is 777 g/mol. The van der Waals surface area contributed by atoms with Crippen LogP contribution in [0.2, 0.25) is 0 Å². The number of esters is 2. The molecule has 312 valence electrons. The van der Waals surface area contributed by atoms with Gasteiger partial charge in [-0.25, -0.2) is 19.2 Å². The third kappa shape index (κ3) is 18.7. The molecule has 0 fully saturated rings. The number of amides is 2. The van der Waals surface area contributed by atoms with Crippen LogP contribution in [-0.2, 0) is 28.7 Å². The number of carbonyl (C=O) groups is 6. The third-order valence-corrected chi connectivity index (χ3v) is 8.53. The molecule has 0 saturated heterocycles. The highest BCUT2D eigenvalue weighted by atomic mass is 32.2. The Morgan fingerprint density at radius 1 is 0.614 bits per heavy atom. The van der Waals surface area contributed by atoms with Gasteiger partial charge in [0.05, 0.1) is 20.6 Å². The van der Waals surface area contributed by atoms with E-state index in [2.05, 4.69) is 10.6 Å². The Bertz CT molecular complexity index is 1650. The molecule has 0 bridgehead atoms. The van der Waals surface area contributed by atoms with Crippen LogP contribution in [-0.4, -0.2) is 97.2 Å². The first-order chi connectivity index (χ1) is 26.8. The van der Waals surface area contributed by atoms with E-state index in [1.54, 1.807) is 65.8 Å². The lowest BCUT2D eigenvalue weighted by Gasteiger charge is -2.23. The molecule has 2 aromatic carbocycles. The lowest BCUT2D eigenvalue weighted by Crippen LogP contribution is -2.45. The standard InChI is InChI=1S/C41H54N2O12S2/c1-40(2,3)54-38(48)42-30(19-21-56-9)36(46)52-32-17-13-26(23-34(32)50-7)11-15-28(44)25-29(45)16-12-27-14-18-33(35(24-27)51-8)53-37(47)31(20-22-57-10)43-39(49)55-41(4,5)6/h11-18,23-24,30-31H,19-22,25H2,1-10H3,(H,42,48)(H,43,49)/b15-11+,16-12+/t30-,31-/m0/s1. The van der Waals surface area contributed by atoms with Gasteiger partial charge in [-0.1, -0.05) is 24.3 Å². The third-order valence-electron chi connectivity index (χ3n) is 7.24. The number of alkyl carbamates (subject to hydrolysis) is 2. The molecule has 0 heterocycles. The highest BCUT2D eigenvalue weighted by molar-refractivity contribution is 7.98. The Hall–Kier alpha value is -4.96. The van der Waals surface area contributed by atoms with Crippen molar-refractivity contribution >= 4 is 71.4 Å². The number of ketones is 2. The molecule has 2 rings (SSSR count). The number of hydrogen-bond acceptors (Lipinski definition) is 14. The van der Waals surface area contributed by atoms with Crippen molar-refractivity contribution in [2.45, 2.75) is 84.1 Å². The second-order valence-corrected chi connectivity index (χ2v) is 16.4. The Labute approximate surface area is 343 Å². The number of hydrogen-bond donors (Lipinski definition) is 2. The summed E-state index contributed by atoms with van der Waals surface area (Å²) in [5.41, 5.74) is -0.414. The lowest BCUT2D eigenvalue weighted by atomic mass is 10.1. The fourth-order valence-corrected chi connectivity index (χ4v) is 5.58. The predicted octanol–water partition coefficient (Wildman–Crippen LogP) is 7.06. The Morgan fingerprint density at radius 3 is 1.30 bits per heavy atom. The molecule has 2 atom stereocenters. The van der Waals surface area contributed by atoms with Gasteiger partial charge in [-0.05, 0) is 126 Å². The van der Waals surface area contributed by atoms with Crippen LogP contribution in [0.15, 0.2) is 48.6 Å². The van der Waals surface area contributed by atoms with Crippen LogP contribution < -0.4 is 29.6 Å². The molecule has 16 heteroatoms. The fourth-order valence-electron chi connectivity index (χ4n) is 4.64. The van der Waals surface area contributed by atoms with Crippen molar-refractivity contribution in [3.8, 4) is 23.0 Å². The minimum atomic E-state index is -0.962. The average Bonchev–Trinajstić information content (AvgIpc) is 3.12. The van der Waals surface area contributed by atoms with E-state index in [1.165, 1.54) is 74.2 Å². The highest BCUT2D eigenvalue weighted by Crippen LogP contribution is 2.30. The number of allylic oxidation sites excluding steroid dienone is 2. The number of ether oxygens (including phenoxy) is 6. The van der Waals surface area contributed by atoms with Crippen LogP contribution in [0.25, 0.3) is 12.2 Å². The van der Waals surface area contributed by atoms with Gasteiger partial charge in [0.25, 0.3) is 0 Å². The van der Waals surface area contributed by atoms with Crippen molar-refractivity contribution in [3.63, 3.8) is 0 Å². The monoisotopic (exact) mass is 830 g/mol. The number of benzene rings is 2. The molecule has 0 saturated carbocycles. The summed E-state index contributed by atoms with van der Waals surface area (Å²) < 4.78 is 32.5. The summed E-state index contributed by atoms with van der Waals surface area (Å²) in [6.45, 7) is 10.3. The molecule has 0 aromatic heterocycles. The van der Waals surface area contributed by atoms with E-state index < -0.39 is 65.4 Å². The molecule has 0 unspecified atom stereocenters. The maximum atomic E-state index is 13.0. The molecule has 14 nitrogen and oxygen atoms in total. The summed E-state index contributed by atoms with van der Waals surface area (Å²) in [6.07, 6.45) is 8.00. The Morgan fingerprint density at radius 2 is 0.982 bits per heavy atom. The van der Waals surface area contributed by atoms with Crippen LogP contribution in [0.1, 0.15) is 71.9 Å². The minimum Gasteiger partial charge on any atom is -0.493 e. The predicted molar refractivity (Wildman–Crippen MR) is 222 cm³/mol. The van der Waals surface area contributed by atoms with Crippen LogP contribution in [0.4, 0.5) is 9.59 Å². The van der Waals surface area contributed by atoms with Gasteiger partial charge in [0.1, 0.15) is 23.3 Å². The number of carbonyl (C=O) groups excluding carboxylic acids is 6. The van der Waals surface area contributed by atoms with Crippen LogP contribution >= 0.6 is 23.5 Å². The maximum Gasteiger partial charge on any atom is 0.408 e. The van der Waals surface area contributed by atoms with Gasteiger partial charge in [0, 0.05) is 0 Å². The Balaban J connectivity index is 2.05. The first-order valence-electron chi connectivity index (χ1n) is 18.0. The van der Waals surface area contributed by atoms with Crippen molar-refractivity contribution < 1.29 is 57.2 Å². The van der Waals surface area contributed by atoms with Crippen molar-refractivity contribution in [1.29, 1.82) is 0 Å². The summed E-state index contributed by atoms with van der Waals surface area (Å²) >= 11 is 3.02. The second-order valence-electron chi connectivity index (χ2n) is 14.4. The molecule has 0 radical (unpaired) electrons. The van der Waals surface area contributed by atoms with Crippen LogP contribution in [0, 0.1) is 0 Å². The first kappa shape index (κ1) is 48.2. The molecule has 57 heavy (non-hydrogen) atoms. The van der Waals surface area contributed by atoms with Crippen LogP contribution in [0.3, 0.4) is 0 Å². The average molecular weight is 831 g/mol. The van der Waals surface area contributed by atoms with E-state index in [4.69, 9.17) is 28.4 Å². The summed E-state index contributed by atoms with van der Waals surface area (Å²) in [5, 5.41) is 5.14. The van der Waals surface area contributed by atoms with Gasteiger partial charge < -0.3 is 39.1 Å². The minimum absolute atomic E-state index is 0.111. The molecule has 0 aliphatic rings. The van der Waals surface area contributed by atoms with Gasteiger partial charge in [-0.15, -0.1) is 0 Å². The molecule has 0 aliphatic heterocycles. The van der Waals surface area contributed by atoms with E-state index in [-0.39, 0.29) is 23.0 Å². The quantitative estimate of drug-likeness (QED) is 0.0599. The van der Waals surface area contributed by atoms with Gasteiger partial charge >= 0.3 is 24.1 Å². The zero-order valence-corrected chi connectivity index (χ0v) is 35.8. The second kappa shape index (κ2) is 23.3. The van der Waals surface area contributed by atoms with E-state index in [0.717, 1.165) is 0 Å². The molecule has 2 amide bonds. The smallest absolute Gasteiger partial charge is 0.408 e. The molecule has 0 aliphatic carbocycles. The van der Waals surface area contributed by atoms with Crippen LogP contribution in [0.5, 0.6) is 23.0 Å². The van der Waals surface area contributed by atoms with Gasteiger partial charge in [-0.2, -0.15) is 23.5 Å². The van der Waals surface area contributed by atoms with Crippen molar-refractivity contribution in [2.75, 3.05) is 38.2 Å². The van der Waals surface area contributed by atoms with E-state index in [1.807, 2.05) is 12.5 Å². The summed E-state index contributed by atoms with van der Waals surface area (Å²) in [4.78, 5) is 76.1. The van der Waals surface area contributed by atoms with E-state index >= 15 is 0 Å². The largest absolute Gasteiger partial charge is 0.493 e.